The number of benzene rings is 2. The quantitative estimate of drug-likeness (QED) is 0.608. The summed E-state index contributed by atoms with van der Waals surface area (Å²) in [5, 5.41) is 14.0. The van der Waals surface area contributed by atoms with Gasteiger partial charge in [0.25, 0.3) is 0 Å². The lowest BCUT2D eigenvalue weighted by Gasteiger charge is -2.30. The first kappa shape index (κ1) is 18.4. The Hall–Kier alpha value is -2.99. The number of aliphatic carboxylic acids is 1. The van der Waals surface area contributed by atoms with Crippen LogP contribution in [0.4, 0.5) is 0 Å². The van der Waals surface area contributed by atoms with Crippen LogP contribution in [-0.2, 0) is 11.2 Å². The highest BCUT2D eigenvalue weighted by Crippen LogP contribution is 2.38. The minimum absolute atomic E-state index is 0.271. The zero-order valence-electron chi connectivity index (χ0n) is 16.0. The van der Waals surface area contributed by atoms with Crippen LogP contribution >= 0.6 is 0 Å². The van der Waals surface area contributed by atoms with Gasteiger partial charge in [-0.3, -0.25) is 10.1 Å². The second kappa shape index (κ2) is 7.56. The fourth-order valence-electron chi connectivity index (χ4n) is 3.90. The normalized spacial score (nSPS) is 18.6. The Bertz CT molecular complexity index is 1010. The van der Waals surface area contributed by atoms with Gasteiger partial charge in [0.1, 0.15) is 6.04 Å². The lowest BCUT2D eigenvalue weighted by Crippen LogP contribution is -2.44. The Morgan fingerprint density at radius 2 is 1.86 bits per heavy atom. The predicted molar refractivity (Wildman–Crippen MR) is 107 cm³/mol. The number of aromatic nitrogens is 1. The molecule has 0 radical (unpaired) electrons. The van der Waals surface area contributed by atoms with Crippen LogP contribution in [0.15, 0.2) is 42.5 Å². The first-order chi connectivity index (χ1) is 13.6. The summed E-state index contributed by atoms with van der Waals surface area (Å²) >= 11 is 0. The first-order valence-electron chi connectivity index (χ1n) is 9.60. The molecular formula is C22H24N2O4. The van der Waals surface area contributed by atoms with Crippen molar-refractivity contribution in [2.24, 2.45) is 0 Å². The molecule has 0 spiro atoms. The monoisotopic (exact) mass is 380 g/mol. The molecule has 3 aromatic rings. The van der Waals surface area contributed by atoms with Crippen LogP contribution in [0.25, 0.3) is 10.9 Å². The van der Waals surface area contributed by atoms with Crippen molar-refractivity contribution in [2.75, 3.05) is 13.2 Å². The third kappa shape index (κ3) is 3.20. The molecule has 0 amide bonds. The van der Waals surface area contributed by atoms with Gasteiger partial charge in [-0.1, -0.05) is 24.3 Å². The van der Waals surface area contributed by atoms with Gasteiger partial charge >= 0.3 is 5.97 Å². The number of rotatable bonds is 6. The zero-order chi connectivity index (χ0) is 19.7. The Balaban J connectivity index is 1.83. The van der Waals surface area contributed by atoms with E-state index in [1.54, 1.807) is 0 Å². The van der Waals surface area contributed by atoms with Gasteiger partial charge in [0, 0.05) is 23.0 Å². The standard InChI is InChI=1S/C22H24N2O4/c1-3-27-18-10-9-13(11-19(18)28-4-2)20-21-15(12-17(24-20)22(25)26)14-7-5-6-8-16(14)23-21/h5-11,17,20,23-24H,3-4,12H2,1-2H3,(H,25,26)/t17-,20+/m1/s1. The molecule has 2 atom stereocenters. The van der Waals surface area contributed by atoms with Gasteiger partial charge in [-0.05, 0) is 43.2 Å². The molecule has 0 aliphatic carbocycles. The van der Waals surface area contributed by atoms with E-state index in [0.717, 1.165) is 27.7 Å². The summed E-state index contributed by atoms with van der Waals surface area (Å²) in [6, 6.07) is 12.9. The van der Waals surface area contributed by atoms with Crippen molar-refractivity contribution in [3.63, 3.8) is 0 Å². The SMILES string of the molecule is CCOc1ccc([C@@H]2N[C@@H](C(=O)O)Cc3c2[nH]c2ccccc32)cc1OCC. The average Bonchev–Trinajstić information content (AvgIpc) is 3.07. The van der Waals surface area contributed by atoms with Crippen LogP contribution in [0.2, 0.25) is 0 Å². The van der Waals surface area contributed by atoms with E-state index >= 15 is 0 Å². The number of fused-ring (bicyclic) bond motifs is 3. The highest BCUT2D eigenvalue weighted by Gasteiger charge is 2.34. The molecule has 6 heteroatoms. The molecule has 0 fully saturated rings. The van der Waals surface area contributed by atoms with Gasteiger partial charge in [-0.2, -0.15) is 0 Å². The first-order valence-corrected chi connectivity index (χ1v) is 9.60. The van der Waals surface area contributed by atoms with E-state index in [1.165, 1.54) is 0 Å². The minimum Gasteiger partial charge on any atom is -0.490 e. The maximum Gasteiger partial charge on any atom is 0.321 e. The van der Waals surface area contributed by atoms with Crippen LogP contribution in [0.3, 0.4) is 0 Å². The van der Waals surface area contributed by atoms with Gasteiger partial charge in [-0.25, -0.2) is 0 Å². The summed E-state index contributed by atoms with van der Waals surface area (Å²) in [5.74, 6) is 0.506. The maximum absolute atomic E-state index is 11.8. The van der Waals surface area contributed by atoms with Gasteiger partial charge < -0.3 is 19.6 Å². The number of carboxylic acid groups (broad SMARTS) is 1. The third-order valence-corrected chi connectivity index (χ3v) is 5.11. The largest absolute Gasteiger partial charge is 0.490 e. The number of para-hydroxylation sites is 1. The summed E-state index contributed by atoms with van der Waals surface area (Å²) in [5.41, 5.74) is 4.01. The van der Waals surface area contributed by atoms with E-state index in [4.69, 9.17) is 9.47 Å². The molecule has 0 saturated carbocycles. The van der Waals surface area contributed by atoms with E-state index in [1.807, 2.05) is 56.3 Å². The summed E-state index contributed by atoms with van der Waals surface area (Å²) in [7, 11) is 0. The fourth-order valence-corrected chi connectivity index (χ4v) is 3.90. The van der Waals surface area contributed by atoms with Crippen LogP contribution in [0.1, 0.15) is 36.7 Å². The van der Waals surface area contributed by atoms with Crippen molar-refractivity contribution < 1.29 is 19.4 Å². The van der Waals surface area contributed by atoms with Crippen LogP contribution < -0.4 is 14.8 Å². The molecule has 0 unspecified atom stereocenters. The Morgan fingerprint density at radius 3 is 2.61 bits per heavy atom. The van der Waals surface area contributed by atoms with Crippen molar-refractivity contribution in [3.05, 3.63) is 59.3 Å². The molecule has 4 rings (SSSR count). The van der Waals surface area contributed by atoms with Crippen molar-refractivity contribution in [2.45, 2.75) is 32.4 Å². The van der Waals surface area contributed by atoms with E-state index in [-0.39, 0.29) is 6.04 Å². The summed E-state index contributed by atoms with van der Waals surface area (Å²) in [4.78, 5) is 15.3. The molecule has 0 saturated heterocycles. The van der Waals surface area contributed by atoms with Crippen LogP contribution in [0.5, 0.6) is 11.5 Å². The van der Waals surface area contributed by atoms with Gasteiger partial charge in [0.05, 0.1) is 19.3 Å². The summed E-state index contributed by atoms with van der Waals surface area (Å²) in [6.45, 7) is 4.93. The van der Waals surface area contributed by atoms with Crippen LogP contribution in [0, 0.1) is 0 Å². The number of H-pyrrole nitrogens is 1. The highest BCUT2D eigenvalue weighted by molar-refractivity contribution is 5.87. The fraction of sp³-hybridized carbons (Fsp3) is 0.318. The van der Waals surface area contributed by atoms with Crippen molar-refractivity contribution in [3.8, 4) is 11.5 Å². The summed E-state index contributed by atoms with van der Waals surface area (Å²) in [6.07, 6.45) is 0.445. The third-order valence-electron chi connectivity index (χ3n) is 5.11. The molecule has 146 valence electrons. The van der Waals surface area contributed by atoms with Crippen molar-refractivity contribution in [1.29, 1.82) is 0 Å². The second-order valence-corrected chi connectivity index (χ2v) is 6.83. The van der Waals surface area contributed by atoms with E-state index in [9.17, 15) is 9.90 Å². The van der Waals surface area contributed by atoms with Crippen LogP contribution in [-0.4, -0.2) is 35.3 Å². The molecule has 28 heavy (non-hydrogen) atoms. The molecule has 6 nitrogen and oxygen atoms in total. The minimum atomic E-state index is -0.850. The number of carbonyl (C=O) groups is 1. The number of ether oxygens (including phenoxy) is 2. The molecular weight excluding hydrogens is 356 g/mol. The van der Waals surface area contributed by atoms with Crippen molar-refractivity contribution >= 4 is 16.9 Å². The van der Waals surface area contributed by atoms with E-state index < -0.39 is 12.0 Å². The molecule has 1 aliphatic heterocycles. The zero-order valence-corrected chi connectivity index (χ0v) is 16.0. The summed E-state index contributed by atoms with van der Waals surface area (Å²) < 4.78 is 11.4. The predicted octanol–water partition coefficient (Wildman–Crippen LogP) is 3.65. The maximum atomic E-state index is 11.8. The molecule has 1 aromatic heterocycles. The highest BCUT2D eigenvalue weighted by atomic mass is 16.5. The smallest absolute Gasteiger partial charge is 0.321 e. The molecule has 1 aliphatic rings. The number of nitrogens with one attached hydrogen (secondary N) is 2. The van der Waals surface area contributed by atoms with E-state index in [2.05, 4.69) is 10.3 Å². The lowest BCUT2D eigenvalue weighted by atomic mass is 9.90. The Kier molecular flexibility index (Phi) is 4.96. The number of hydrogen-bond donors (Lipinski definition) is 3. The van der Waals surface area contributed by atoms with Gasteiger partial charge in [0.2, 0.25) is 0 Å². The average molecular weight is 380 g/mol. The van der Waals surface area contributed by atoms with Gasteiger partial charge in [0.15, 0.2) is 11.5 Å². The molecule has 0 bridgehead atoms. The number of aromatic amines is 1. The molecule has 2 aromatic carbocycles. The molecule has 2 heterocycles. The lowest BCUT2D eigenvalue weighted by molar-refractivity contribution is -0.139. The molecule has 3 N–H and O–H groups in total. The van der Waals surface area contributed by atoms with Crippen molar-refractivity contribution in [1.82, 2.24) is 10.3 Å². The topological polar surface area (TPSA) is 83.6 Å². The Labute approximate surface area is 163 Å². The number of hydrogen-bond acceptors (Lipinski definition) is 4. The van der Waals surface area contributed by atoms with E-state index in [0.29, 0.717) is 31.1 Å². The number of carboxylic acids is 1. The van der Waals surface area contributed by atoms with Gasteiger partial charge in [-0.15, -0.1) is 0 Å². The second-order valence-electron chi connectivity index (χ2n) is 6.83. The Morgan fingerprint density at radius 1 is 1.11 bits per heavy atom.